The highest BCUT2D eigenvalue weighted by Gasteiger charge is 2.37. The van der Waals surface area contributed by atoms with Gasteiger partial charge in [-0.3, -0.25) is 4.90 Å². The number of hydrogen-bond acceptors (Lipinski definition) is 4. The molecule has 0 fully saturated rings. The smallest absolute Gasteiger partial charge is 0.128 e. The number of methoxy groups -OCH3 is 1. The third-order valence-corrected chi connectivity index (χ3v) is 4.04. The van der Waals surface area contributed by atoms with Crippen molar-refractivity contribution in [3.05, 3.63) is 23.8 Å². The largest absolute Gasteiger partial charge is 0.508 e. The first kappa shape index (κ1) is 16.1. The second kappa shape index (κ2) is 6.24. The predicted molar refractivity (Wildman–Crippen MR) is 83.9 cm³/mol. The molecule has 1 aliphatic rings. The molecule has 0 bridgehead atoms. The lowest BCUT2D eigenvalue weighted by Crippen LogP contribution is -2.45. The second-order valence-corrected chi connectivity index (χ2v) is 6.63. The molecule has 1 aromatic carbocycles. The van der Waals surface area contributed by atoms with Crippen molar-refractivity contribution >= 4 is 0 Å². The lowest BCUT2D eigenvalue weighted by atomic mass is 9.88. The summed E-state index contributed by atoms with van der Waals surface area (Å²) in [4.78, 5) is 2.45. The van der Waals surface area contributed by atoms with E-state index in [1.807, 2.05) is 6.07 Å². The van der Waals surface area contributed by atoms with Crippen molar-refractivity contribution in [2.24, 2.45) is 0 Å². The van der Waals surface area contributed by atoms with E-state index in [0.717, 1.165) is 24.3 Å². The number of hydrogen-bond donors (Lipinski definition) is 1. The summed E-state index contributed by atoms with van der Waals surface area (Å²) >= 11 is 0. The van der Waals surface area contributed by atoms with Crippen LogP contribution in [0, 0.1) is 0 Å². The molecule has 1 unspecified atom stereocenters. The molecule has 1 atom stereocenters. The first-order valence-electron chi connectivity index (χ1n) is 7.60. The van der Waals surface area contributed by atoms with Crippen LogP contribution in [0.2, 0.25) is 0 Å². The highest BCUT2D eigenvalue weighted by atomic mass is 16.5. The Morgan fingerprint density at radius 1 is 1.43 bits per heavy atom. The normalized spacial score (nSPS) is 20.4. The fourth-order valence-corrected chi connectivity index (χ4v) is 3.07. The second-order valence-electron chi connectivity index (χ2n) is 6.63. The molecular formula is C17H27NO3. The summed E-state index contributed by atoms with van der Waals surface area (Å²) < 4.78 is 11.3. The van der Waals surface area contributed by atoms with Crippen molar-refractivity contribution in [3.63, 3.8) is 0 Å². The minimum absolute atomic E-state index is 0.244. The predicted octanol–water partition coefficient (Wildman–Crippen LogP) is 3.35. The molecule has 4 heteroatoms. The van der Waals surface area contributed by atoms with E-state index in [4.69, 9.17) is 9.47 Å². The molecule has 0 spiro atoms. The average Bonchev–Trinajstić information content (AvgIpc) is 2.36. The van der Waals surface area contributed by atoms with Gasteiger partial charge in [0.1, 0.15) is 17.1 Å². The number of rotatable bonds is 5. The van der Waals surface area contributed by atoms with Crippen molar-refractivity contribution in [1.29, 1.82) is 0 Å². The highest BCUT2D eigenvalue weighted by Crippen LogP contribution is 2.44. The quantitative estimate of drug-likeness (QED) is 0.904. The zero-order valence-electron chi connectivity index (χ0n) is 13.7. The number of phenolic OH excluding ortho intramolecular Hbond substituents is 1. The van der Waals surface area contributed by atoms with Gasteiger partial charge < -0.3 is 14.6 Å². The van der Waals surface area contributed by atoms with E-state index in [1.54, 1.807) is 19.2 Å². The summed E-state index contributed by atoms with van der Waals surface area (Å²) in [7, 11) is 1.73. The zero-order valence-corrected chi connectivity index (χ0v) is 13.7. The van der Waals surface area contributed by atoms with E-state index in [-0.39, 0.29) is 17.4 Å². The molecule has 21 heavy (non-hydrogen) atoms. The third kappa shape index (κ3) is 3.69. The van der Waals surface area contributed by atoms with Gasteiger partial charge >= 0.3 is 0 Å². The van der Waals surface area contributed by atoms with E-state index in [2.05, 4.69) is 32.6 Å². The van der Waals surface area contributed by atoms with Crippen LogP contribution in [0.5, 0.6) is 11.5 Å². The van der Waals surface area contributed by atoms with Gasteiger partial charge in [0.25, 0.3) is 0 Å². The van der Waals surface area contributed by atoms with Crippen molar-refractivity contribution in [2.45, 2.75) is 51.8 Å². The van der Waals surface area contributed by atoms with E-state index in [0.29, 0.717) is 12.6 Å². The number of fused-ring (bicyclic) bond motifs is 1. The molecule has 0 saturated heterocycles. The third-order valence-electron chi connectivity index (χ3n) is 4.04. The first-order chi connectivity index (χ1) is 9.84. The average molecular weight is 293 g/mol. The Bertz CT molecular complexity index is 485. The standard InChI is InChI=1S/C17H27NO3/c1-12(2)18(8-9-20-5)15-11-17(3,4)21-16-10-13(19)6-7-14(15)16/h6-7,10,12,15,19H,8-9,11H2,1-5H3. The SMILES string of the molecule is COCCN(C(C)C)C1CC(C)(C)Oc2cc(O)ccc21. The van der Waals surface area contributed by atoms with Crippen LogP contribution in [0.4, 0.5) is 0 Å². The van der Waals surface area contributed by atoms with Crippen molar-refractivity contribution in [1.82, 2.24) is 4.90 Å². The molecule has 0 radical (unpaired) electrons. The summed E-state index contributed by atoms with van der Waals surface area (Å²) in [5.41, 5.74) is 0.906. The number of benzene rings is 1. The molecule has 1 N–H and O–H groups in total. The van der Waals surface area contributed by atoms with Gasteiger partial charge in [0, 0.05) is 43.8 Å². The fraction of sp³-hybridized carbons (Fsp3) is 0.647. The van der Waals surface area contributed by atoms with Crippen LogP contribution in [0.15, 0.2) is 18.2 Å². The maximum atomic E-state index is 9.72. The van der Waals surface area contributed by atoms with Crippen molar-refractivity contribution in [2.75, 3.05) is 20.3 Å². The Morgan fingerprint density at radius 3 is 2.76 bits per heavy atom. The van der Waals surface area contributed by atoms with Crippen LogP contribution in [-0.4, -0.2) is 41.9 Å². The maximum Gasteiger partial charge on any atom is 0.128 e. The van der Waals surface area contributed by atoms with Crippen LogP contribution in [0.3, 0.4) is 0 Å². The van der Waals surface area contributed by atoms with Gasteiger partial charge in [-0.25, -0.2) is 0 Å². The molecule has 4 nitrogen and oxygen atoms in total. The summed E-state index contributed by atoms with van der Waals surface area (Å²) in [5.74, 6) is 1.04. The minimum Gasteiger partial charge on any atom is -0.508 e. The van der Waals surface area contributed by atoms with Gasteiger partial charge in [0.05, 0.1) is 6.61 Å². The molecule has 0 aliphatic carbocycles. The van der Waals surface area contributed by atoms with E-state index in [9.17, 15) is 5.11 Å². The number of phenols is 1. The van der Waals surface area contributed by atoms with E-state index < -0.39 is 0 Å². The number of aromatic hydroxyl groups is 1. The van der Waals surface area contributed by atoms with Crippen LogP contribution >= 0.6 is 0 Å². The Morgan fingerprint density at radius 2 is 2.14 bits per heavy atom. The molecular weight excluding hydrogens is 266 g/mol. The van der Waals surface area contributed by atoms with Crippen LogP contribution in [-0.2, 0) is 4.74 Å². The fourth-order valence-electron chi connectivity index (χ4n) is 3.07. The minimum atomic E-state index is -0.244. The van der Waals surface area contributed by atoms with Gasteiger partial charge in [0.15, 0.2) is 0 Å². The van der Waals surface area contributed by atoms with Gasteiger partial charge in [-0.05, 0) is 33.8 Å². The van der Waals surface area contributed by atoms with Crippen LogP contribution in [0.1, 0.15) is 45.7 Å². The van der Waals surface area contributed by atoms with Crippen LogP contribution in [0.25, 0.3) is 0 Å². The highest BCUT2D eigenvalue weighted by molar-refractivity contribution is 5.44. The first-order valence-corrected chi connectivity index (χ1v) is 7.60. The van der Waals surface area contributed by atoms with Crippen molar-refractivity contribution < 1.29 is 14.6 Å². The van der Waals surface area contributed by atoms with E-state index in [1.165, 1.54) is 0 Å². The Hall–Kier alpha value is -1.26. The Kier molecular flexibility index (Phi) is 4.79. The van der Waals surface area contributed by atoms with Crippen molar-refractivity contribution in [3.8, 4) is 11.5 Å². The van der Waals surface area contributed by atoms with Gasteiger partial charge in [-0.2, -0.15) is 0 Å². The zero-order chi connectivity index (χ0) is 15.6. The molecule has 0 amide bonds. The van der Waals surface area contributed by atoms with Crippen LogP contribution < -0.4 is 4.74 Å². The summed E-state index contributed by atoms with van der Waals surface area (Å²) in [6, 6.07) is 6.13. The number of ether oxygens (including phenoxy) is 2. The van der Waals surface area contributed by atoms with Gasteiger partial charge in [-0.1, -0.05) is 6.07 Å². The Balaban J connectivity index is 2.37. The monoisotopic (exact) mass is 293 g/mol. The summed E-state index contributed by atoms with van der Waals surface area (Å²) in [6.07, 6.45) is 0.923. The Labute approximate surface area is 127 Å². The van der Waals surface area contributed by atoms with E-state index >= 15 is 0 Å². The lowest BCUT2D eigenvalue weighted by Gasteiger charge is -2.44. The van der Waals surface area contributed by atoms with Gasteiger partial charge in [0.2, 0.25) is 0 Å². The number of nitrogens with zero attached hydrogens (tertiary/aromatic N) is 1. The molecule has 0 saturated carbocycles. The molecule has 1 heterocycles. The molecule has 0 aromatic heterocycles. The molecule has 118 valence electrons. The van der Waals surface area contributed by atoms with Gasteiger partial charge in [-0.15, -0.1) is 0 Å². The molecule has 1 aromatic rings. The maximum absolute atomic E-state index is 9.72. The lowest BCUT2D eigenvalue weighted by molar-refractivity contribution is 0.0101. The summed E-state index contributed by atoms with van der Waals surface area (Å²) in [6.45, 7) is 10.2. The summed E-state index contributed by atoms with van der Waals surface area (Å²) in [5, 5.41) is 9.72. The topological polar surface area (TPSA) is 41.9 Å². The molecule has 2 rings (SSSR count). The molecule has 1 aliphatic heterocycles.